The van der Waals surface area contributed by atoms with Gasteiger partial charge in [-0.2, -0.15) is 5.26 Å². The Hall–Kier alpha value is -1.49. The minimum atomic E-state index is 0.364. The molecule has 0 bridgehead atoms. The van der Waals surface area contributed by atoms with Gasteiger partial charge < -0.3 is 5.32 Å². The van der Waals surface area contributed by atoms with Gasteiger partial charge in [0.2, 0.25) is 0 Å². The molecule has 2 rings (SSSR count). The Morgan fingerprint density at radius 2 is 2.25 bits per heavy atom. The third kappa shape index (κ3) is 2.19. The number of hydrogen-bond donors (Lipinski definition) is 1. The molecule has 1 N–H and O–H groups in total. The zero-order chi connectivity index (χ0) is 11.6. The molecular weight excluding hydrogens is 196 g/mol. The number of anilines is 1. The molecule has 1 atom stereocenters. The first-order valence-electron chi connectivity index (χ1n) is 5.88. The Balaban J connectivity index is 2.12. The number of hydrogen-bond acceptors (Lipinski definition) is 2. The highest BCUT2D eigenvalue weighted by Crippen LogP contribution is 2.38. The van der Waals surface area contributed by atoms with Crippen molar-refractivity contribution in [1.29, 1.82) is 5.26 Å². The van der Waals surface area contributed by atoms with Crippen LogP contribution in [0, 0.1) is 16.7 Å². The van der Waals surface area contributed by atoms with Gasteiger partial charge in [-0.25, -0.2) is 0 Å². The third-order valence-corrected chi connectivity index (χ3v) is 3.59. The van der Waals surface area contributed by atoms with Crippen molar-refractivity contribution < 1.29 is 0 Å². The summed E-state index contributed by atoms with van der Waals surface area (Å²) < 4.78 is 0. The second-order valence-corrected chi connectivity index (χ2v) is 5.27. The lowest BCUT2D eigenvalue weighted by atomic mass is 9.87. The zero-order valence-corrected chi connectivity index (χ0v) is 9.96. The summed E-state index contributed by atoms with van der Waals surface area (Å²) in [5, 5.41) is 12.4. The van der Waals surface area contributed by atoms with E-state index in [0.717, 1.165) is 11.3 Å². The summed E-state index contributed by atoms with van der Waals surface area (Å²) in [6, 6.07) is 10.4. The quantitative estimate of drug-likeness (QED) is 0.817. The van der Waals surface area contributed by atoms with E-state index >= 15 is 0 Å². The van der Waals surface area contributed by atoms with Crippen LogP contribution in [-0.4, -0.2) is 6.04 Å². The minimum absolute atomic E-state index is 0.364. The van der Waals surface area contributed by atoms with Crippen LogP contribution in [0.3, 0.4) is 0 Å². The molecule has 0 radical (unpaired) electrons. The van der Waals surface area contributed by atoms with Crippen molar-refractivity contribution in [3.63, 3.8) is 0 Å². The standard InChI is InChI=1S/C14H18N2/c1-14(2)8-4-7-13(14)16-12-6-3-5-11(9-12)10-15/h3,5-6,9,13,16H,4,7-8H2,1-2H3. The third-order valence-electron chi connectivity index (χ3n) is 3.59. The summed E-state index contributed by atoms with van der Waals surface area (Å²) in [4.78, 5) is 0. The molecule has 0 amide bonds. The monoisotopic (exact) mass is 214 g/mol. The summed E-state index contributed by atoms with van der Waals surface area (Å²) in [7, 11) is 0. The van der Waals surface area contributed by atoms with Crippen LogP contribution in [0.2, 0.25) is 0 Å². The highest BCUT2D eigenvalue weighted by atomic mass is 14.9. The molecule has 16 heavy (non-hydrogen) atoms. The van der Waals surface area contributed by atoms with Gasteiger partial charge in [0.1, 0.15) is 0 Å². The maximum atomic E-state index is 8.85. The van der Waals surface area contributed by atoms with E-state index < -0.39 is 0 Å². The Morgan fingerprint density at radius 1 is 1.44 bits per heavy atom. The molecule has 0 heterocycles. The number of benzene rings is 1. The predicted molar refractivity (Wildman–Crippen MR) is 66.2 cm³/mol. The lowest BCUT2D eigenvalue weighted by molar-refractivity contribution is 0.350. The van der Waals surface area contributed by atoms with Crippen molar-refractivity contribution in [3.05, 3.63) is 29.8 Å². The molecule has 84 valence electrons. The lowest BCUT2D eigenvalue weighted by Crippen LogP contribution is -2.30. The van der Waals surface area contributed by atoms with Crippen LogP contribution in [0.5, 0.6) is 0 Å². The van der Waals surface area contributed by atoms with Crippen LogP contribution in [0.4, 0.5) is 5.69 Å². The number of nitrogens with zero attached hydrogens (tertiary/aromatic N) is 1. The summed E-state index contributed by atoms with van der Waals surface area (Å²) in [5.74, 6) is 0. The van der Waals surface area contributed by atoms with E-state index in [1.54, 1.807) is 0 Å². The average molecular weight is 214 g/mol. The van der Waals surface area contributed by atoms with Gasteiger partial charge in [-0.05, 0) is 36.5 Å². The molecule has 1 saturated carbocycles. The molecule has 0 aliphatic heterocycles. The van der Waals surface area contributed by atoms with Gasteiger partial charge in [0.25, 0.3) is 0 Å². The summed E-state index contributed by atoms with van der Waals surface area (Å²) >= 11 is 0. The normalized spacial score (nSPS) is 22.7. The van der Waals surface area contributed by atoms with E-state index in [-0.39, 0.29) is 0 Å². The van der Waals surface area contributed by atoms with E-state index in [1.165, 1.54) is 19.3 Å². The molecule has 0 aromatic heterocycles. The molecule has 1 aromatic carbocycles. The Bertz CT molecular complexity index is 415. The molecular formula is C14H18N2. The molecule has 2 nitrogen and oxygen atoms in total. The van der Waals surface area contributed by atoms with E-state index in [4.69, 9.17) is 5.26 Å². The molecule has 1 unspecified atom stereocenters. The molecule has 1 fully saturated rings. The maximum absolute atomic E-state index is 8.85. The fourth-order valence-corrected chi connectivity index (χ4v) is 2.47. The number of rotatable bonds is 2. The highest BCUT2D eigenvalue weighted by molar-refractivity contribution is 5.50. The Labute approximate surface area is 97.3 Å². The summed E-state index contributed by atoms with van der Waals surface area (Å²) in [6.45, 7) is 4.62. The second kappa shape index (κ2) is 4.17. The van der Waals surface area contributed by atoms with E-state index in [0.29, 0.717) is 11.5 Å². The van der Waals surface area contributed by atoms with E-state index in [2.05, 4.69) is 25.2 Å². The fourth-order valence-electron chi connectivity index (χ4n) is 2.47. The van der Waals surface area contributed by atoms with E-state index in [9.17, 15) is 0 Å². The molecule has 1 aliphatic rings. The SMILES string of the molecule is CC1(C)CCCC1Nc1cccc(C#N)c1. The van der Waals surface area contributed by atoms with Crippen molar-refractivity contribution in [2.24, 2.45) is 5.41 Å². The van der Waals surface area contributed by atoms with Crippen molar-refractivity contribution in [2.45, 2.75) is 39.2 Å². The Morgan fingerprint density at radius 3 is 2.88 bits per heavy atom. The zero-order valence-electron chi connectivity index (χ0n) is 9.96. The first-order valence-corrected chi connectivity index (χ1v) is 5.88. The maximum Gasteiger partial charge on any atom is 0.0992 e. The number of nitriles is 1. The van der Waals surface area contributed by atoms with Gasteiger partial charge in [-0.15, -0.1) is 0 Å². The van der Waals surface area contributed by atoms with Crippen molar-refractivity contribution >= 4 is 5.69 Å². The second-order valence-electron chi connectivity index (χ2n) is 5.27. The van der Waals surface area contributed by atoms with Crippen LogP contribution in [0.15, 0.2) is 24.3 Å². The molecule has 1 aliphatic carbocycles. The van der Waals surface area contributed by atoms with Gasteiger partial charge >= 0.3 is 0 Å². The first kappa shape index (κ1) is 11.0. The Kier molecular flexibility index (Phi) is 2.87. The van der Waals surface area contributed by atoms with Crippen LogP contribution < -0.4 is 5.32 Å². The average Bonchev–Trinajstić information content (AvgIpc) is 2.59. The molecule has 0 spiro atoms. The van der Waals surface area contributed by atoms with Gasteiger partial charge in [-0.1, -0.05) is 26.3 Å². The van der Waals surface area contributed by atoms with E-state index in [1.807, 2.05) is 24.3 Å². The van der Waals surface area contributed by atoms with Gasteiger partial charge in [0.05, 0.1) is 11.6 Å². The minimum Gasteiger partial charge on any atom is -0.382 e. The molecule has 0 saturated heterocycles. The fraction of sp³-hybridized carbons (Fsp3) is 0.500. The largest absolute Gasteiger partial charge is 0.382 e. The first-order chi connectivity index (χ1) is 7.62. The van der Waals surface area contributed by atoms with Gasteiger partial charge in [0.15, 0.2) is 0 Å². The van der Waals surface area contributed by atoms with Gasteiger partial charge in [0, 0.05) is 11.7 Å². The summed E-state index contributed by atoms with van der Waals surface area (Å²) in [5.41, 5.74) is 2.16. The smallest absolute Gasteiger partial charge is 0.0992 e. The van der Waals surface area contributed by atoms with Crippen molar-refractivity contribution in [3.8, 4) is 6.07 Å². The predicted octanol–water partition coefficient (Wildman–Crippen LogP) is 3.55. The van der Waals surface area contributed by atoms with Crippen LogP contribution in [0.25, 0.3) is 0 Å². The highest BCUT2D eigenvalue weighted by Gasteiger charge is 2.34. The molecule has 2 heteroatoms. The lowest BCUT2D eigenvalue weighted by Gasteiger charge is -2.28. The van der Waals surface area contributed by atoms with Crippen molar-refractivity contribution in [1.82, 2.24) is 0 Å². The van der Waals surface area contributed by atoms with Crippen LogP contribution in [-0.2, 0) is 0 Å². The topological polar surface area (TPSA) is 35.8 Å². The number of nitrogens with one attached hydrogen (secondary N) is 1. The van der Waals surface area contributed by atoms with Gasteiger partial charge in [-0.3, -0.25) is 0 Å². The molecule has 1 aromatic rings. The van der Waals surface area contributed by atoms with Crippen LogP contribution >= 0.6 is 0 Å². The van der Waals surface area contributed by atoms with Crippen LogP contribution in [0.1, 0.15) is 38.7 Å². The summed E-state index contributed by atoms with van der Waals surface area (Å²) in [6.07, 6.45) is 3.80. The van der Waals surface area contributed by atoms with Crippen molar-refractivity contribution in [2.75, 3.05) is 5.32 Å².